The molecule has 0 aliphatic rings. The van der Waals surface area contributed by atoms with Gasteiger partial charge in [-0.25, -0.2) is 5.43 Å². The molecule has 0 aliphatic heterocycles. The Morgan fingerprint density at radius 3 is 2.39 bits per heavy atom. The number of amides is 2. The second-order valence-corrected chi connectivity index (χ2v) is 8.75. The summed E-state index contributed by atoms with van der Waals surface area (Å²) in [4.78, 5) is 34.3. The first kappa shape index (κ1) is 26.4. The van der Waals surface area contributed by atoms with E-state index < -0.39 is 4.92 Å². The zero-order valence-electron chi connectivity index (χ0n) is 19.6. The van der Waals surface area contributed by atoms with Gasteiger partial charge in [-0.1, -0.05) is 42.5 Å². The minimum absolute atomic E-state index is 0.0365. The number of thioether (sulfide) groups is 1. The van der Waals surface area contributed by atoms with Crippen LogP contribution < -0.4 is 15.5 Å². The Balaban J connectivity index is 1.34. The lowest BCUT2D eigenvalue weighted by atomic mass is 10.1. The quantitative estimate of drug-likeness (QED) is 0.215. The van der Waals surface area contributed by atoms with E-state index in [0.717, 1.165) is 16.7 Å². The number of rotatable bonds is 12. The normalized spacial score (nSPS) is 11.6. The number of ether oxygens (including phenoxy) is 1. The molecular weight excluding hydrogens is 480 g/mol. The standard InChI is InChI=1S/C26H26N4O5S/c1-19(22-5-3-2-4-6-22)28-25(31)16-35-24-13-9-20(10-14-24)15-27-29-26(32)18-36-17-21-7-11-23(12-8-21)30(33)34/h2-15,19H,16-18H2,1H3,(H,28,31)(H,29,32)/b27-15+. The van der Waals surface area contributed by atoms with Crippen LogP contribution in [0.4, 0.5) is 5.69 Å². The predicted octanol–water partition coefficient (Wildman–Crippen LogP) is 4.23. The number of hydrogen-bond donors (Lipinski definition) is 2. The Bertz CT molecular complexity index is 1190. The summed E-state index contributed by atoms with van der Waals surface area (Å²) >= 11 is 1.38. The first-order chi connectivity index (χ1) is 17.4. The number of nitrogens with one attached hydrogen (secondary N) is 2. The van der Waals surface area contributed by atoms with Crippen molar-refractivity contribution >= 4 is 35.5 Å². The molecule has 0 heterocycles. The van der Waals surface area contributed by atoms with E-state index in [9.17, 15) is 19.7 Å². The summed E-state index contributed by atoms with van der Waals surface area (Å²) in [7, 11) is 0. The van der Waals surface area contributed by atoms with Crippen molar-refractivity contribution in [2.24, 2.45) is 5.10 Å². The average Bonchev–Trinajstić information content (AvgIpc) is 2.89. The fourth-order valence-corrected chi connectivity index (χ4v) is 3.87. The van der Waals surface area contributed by atoms with Crippen molar-refractivity contribution in [2.45, 2.75) is 18.7 Å². The highest BCUT2D eigenvalue weighted by molar-refractivity contribution is 7.99. The molecule has 2 amide bonds. The maximum atomic E-state index is 12.1. The number of benzene rings is 3. The van der Waals surface area contributed by atoms with Gasteiger partial charge in [0, 0.05) is 17.9 Å². The molecule has 0 fully saturated rings. The predicted molar refractivity (Wildman–Crippen MR) is 140 cm³/mol. The Kier molecular flexibility index (Phi) is 10.0. The summed E-state index contributed by atoms with van der Waals surface area (Å²) in [6.07, 6.45) is 1.51. The number of nitrogens with zero attached hydrogens (tertiary/aromatic N) is 2. The third-order valence-corrected chi connectivity index (χ3v) is 5.98. The number of carbonyl (C=O) groups excluding carboxylic acids is 2. The summed E-state index contributed by atoms with van der Waals surface area (Å²) in [5.41, 5.74) is 5.17. The van der Waals surface area contributed by atoms with E-state index in [2.05, 4.69) is 15.8 Å². The molecule has 0 saturated carbocycles. The molecular formula is C26H26N4O5S. The van der Waals surface area contributed by atoms with Crippen molar-refractivity contribution in [3.63, 3.8) is 0 Å². The molecule has 3 rings (SSSR count). The maximum Gasteiger partial charge on any atom is 0.269 e. The van der Waals surface area contributed by atoms with Gasteiger partial charge in [0.1, 0.15) is 5.75 Å². The van der Waals surface area contributed by atoms with E-state index in [1.165, 1.54) is 30.1 Å². The van der Waals surface area contributed by atoms with E-state index in [1.807, 2.05) is 37.3 Å². The van der Waals surface area contributed by atoms with Gasteiger partial charge in [0.25, 0.3) is 11.6 Å². The Morgan fingerprint density at radius 1 is 1.03 bits per heavy atom. The zero-order chi connectivity index (χ0) is 25.8. The minimum Gasteiger partial charge on any atom is -0.484 e. The Morgan fingerprint density at radius 2 is 1.72 bits per heavy atom. The number of nitro groups is 1. The average molecular weight is 507 g/mol. The van der Waals surface area contributed by atoms with Crippen molar-refractivity contribution in [1.29, 1.82) is 0 Å². The lowest BCUT2D eigenvalue weighted by Crippen LogP contribution is -2.31. The molecule has 0 saturated heterocycles. The molecule has 10 heteroatoms. The van der Waals surface area contributed by atoms with Crippen LogP contribution in [0.1, 0.15) is 29.7 Å². The fourth-order valence-electron chi connectivity index (χ4n) is 3.09. The van der Waals surface area contributed by atoms with Gasteiger partial charge in [-0.2, -0.15) is 5.10 Å². The monoisotopic (exact) mass is 506 g/mol. The van der Waals surface area contributed by atoms with Gasteiger partial charge >= 0.3 is 0 Å². The first-order valence-electron chi connectivity index (χ1n) is 11.1. The van der Waals surface area contributed by atoms with E-state index >= 15 is 0 Å². The SMILES string of the molecule is CC(NC(=O)COc1ccc(/C=N/NC(=O)CSCc2ccc([N+](=O)[O-])cc2)cc1)c1ccccc1. The fraction of sp³-hybridized carbons (Fsp3) is 0.192. The maximum absolute atomic E-state index is 12.1. The van der Waals surface area contributed by atoms with Crippen LogP contribution in [-0.2, 0) is 15.3 Å². The second kappa shape index (κ2) is 13.6. The smallest absolute Gasteiger partial charge is 0.269 e. The van der Waals surface area contributed by atoms with Gasteiger partial charge < -0.3 is 10.1 Å². The van der Waals surface area contributed by atoms with Gasteiger partial charge in [0.15, 0.2) is 6.61 Å². The van der Waals surface area contributed by atoms with Crippen LogP contribution in [0.3, 0.4) is 0 Å². The van der Waals surface area contributed by atoms with Crippen LogP contribution in [-0.4, -0.2) is 35.3 Å². The van der Waals surface area contributed by atoms with E-state index in [4.69, 9.17) is 4.74 Å². The first-order valence-corrected chi connectivity index (χ1v) is 12.3. The van der Waals surface area contributed by atoms with Crippen molar-refractivity contribution in [3.8, 4) is 5.75 Å². The van der Waals surface area contributed by atoms with Crippen molar-refractivity contribution in [2.75, 3.05) is 12.4 Å². The Labute approximate surface area is 213 Å². The van der Waals surface area contributed by atoms with Gasteiger partial charge in [0.05, 0.1) is 22.9 Å². The Hall–Kier alpha value is -4.18. The molecule has 0 aliphatic carbocycles. The number of nitro benzene ring substituents is 1. The lowest BCUT2D eigenvalue weighted by Gasteiger charge is -2.14. The van der Waals surface area contributed by atoms with Crippen LogP contribution >= 0.6 is 11.8 Å². The van der Waals surface area contributed by atoms with E-state index in [1.54, 1.807) is 36.4 Å². The van der Waals surface area contributed by atoms with E-state index in [0.29, 0.717) is 11.5 Å². The summed E-state index contributed by atoms with van der Waals surface area (Å²) in [6, 6.07) is 22.8. The van der Waals surface area contributed by atoms with Crippen LogP contribution in [0.25, 0.3) is 0 Å². The summed E-state index contributed by atoms with van der Waals surface area (Å²) in [6.45, 7) is 1.82. The number of hydrogen-bond acceptors (Lipinski definition) is 7. The summed E-state index contributed by atoms with van der Waals surface area (Å²) in [5, 5.41) is 17.5. The summed E-state index contributed by atoms with van der Waals surface area (Å²) < 4.78 is 5.54. The van der Waals surface area contributed by atoms with Crippen LogP contribution in [0.2, 0.25) is 0 Å². The molecule has 0 radical (unpaired) electrons. The second-order valence-electron chi connectivity index (χ2n) is 7.77. The summed E-state index contributed by atoms with van der Waals surface area (Å²) in [5.74, 6) is 0.826. The highest BCUT2D eigenvalue weighted by Gasteiger charge is 2.10. The topological polar surface area (TPSA) is 123 Å². The number of hydrazone groups is 1. The molecule has 1 atom stereocenters. The van der Waals surface area contributed by atoms with Crippen LogP contribution in [0.5, 0.6) is 5.75 Å². The lowest BCUT2D eigenvalue weighted by molar-refractivity contribution is -0.384. The number of carbonyl (C=O) groups is 2. The highest BCUT2D eigenvalue weighted by atomic mass is 32.2. The molecule has 2 N–H and O–H groups in total. The van der Waals surface area contributed by atoms with Crippen molar-refractivity contribution in [1.82, 2.24) is 10.7 Å². The van der Waals surface area contributed by atoms with Gasteiger partial charge in [-0.3, -0.25) is 19.7 Å². The molecule has 186 valence electrons. The minimum atomic E-state index is -0.448. The zero-order valence-corrected chi connectivity index (χ0v) is 20.4. The van der Waals surface area contributed by atoms with Crippen LogP contribution in [0, 0.1) is 10.1 Å². The third-order valence-electron chi connectivity index (χ3n) is 4.98. The molecule has 3 aromatic rings. The molecule has 0 bridgehead atoms. The van der Waals surface area contributed by atoms with E-state index in [-0.39, 0.29) is 35.9 Å². The third kappa shape index (κ3) is 8.88. The number of non-ortho nitro benzene ring substituents is 1. The van der Waals surface area contributed by atoms with Gasteiger partial charge in [0.2, 0.25) is 5.91 Å². The molecule has 9 nitrogen and oxygen atoms in total. The molecule has 0 aromatic heterocycles. The molecule has 1 unspecified atom stereocenters. The van der Waals surface area contributed by atoms with Crippen LogP contribution in [0.15, 0.2) is 84.0 Å². The van der Waals surface area contributed by atoms with Gasteiger partial charge in [-0.05, 0) is 47.9 Å². The van der Waals surface area contributed by atoms with Crippen molar-refractivity contribution in [3.05, 3.63) is 106 Å². The highest BCUT2D eigenvalue weighted by Crippen LogP contribution is 2.17. The molecule has 3 aromatic carbocycles. The largest absolute Gasteiger partial charge is 0.484 e. The van der Waals surface area contributed by atoms with Crippen molar-refractivity contribution < 1.29 is 19.2 Å². The molecule has 0 spiro atoms. The molecule has 36 heavy (non-hydrogen) atoms. The van der Waals surface area contributed by atoms with Gasteiger partial charge in [-0.15, -0.1) is 11.8 Å².